The molecule has 0 aliphatic rings. The molecule has 0 spiro atoms. The van der Waals surface area contributed by atoms with Gasteiger partial charge in [0.05, 0.1) is 6.04 Å². The Morgan fingerprint density at radius 2 is 1.88 bits per heavy atom. The summed E-state index contributed by atoms with van der Waals surface area (Å²) in [6.45, 7) is 3.42. The predicted octanol–water partition coefficient (Wildman–Crippen LogP) is 2.57. The molecule has 6 nitrogen and oxygen atoms in total. The van der Waals surface area contributed by atoms with Crippen molar-refractivity contribution in [3.63, 3.8) is 0 Å². The van der Waals surface area contributed by atoms with Crippen molar-refractivity contribution in [1.29, 1.82) is 0 Å². The van der Waals surface area contributed by atoms with Crippen molar-refractivity contribution in [2.45, 2.75) is 19.9 Å². The molecule has 0 aliphatic carbocycles. The maximum atomic E-state index is 14.1. The lowest BCUT2D eigenvalue weighted by Crippen LogP contribution is -2.33. The molecule has 0 bridgehead atoms. The minimum Gasteiger partial charge on any atom is -0.344 e. The average molecular weight is 352 g/mol. The number of amides is 1. The van der Waals surface area contributed by atoms with Crippen LogP contribution in [0.4, 0.5) is 4.39 Å². The highest BCUT2D eigenvalue weighted by molar-refractivity contribution is 5.92. The molecular weight excluding hydrogens is 335 g/mol. The molecule has 1 atom stereocenters. The highest BCUT2D eigenvalue weighted by Gasteiger charge is 2.18. The van der Waals surface area contributed by atoms with Gasteiger partial charge in [0.1, 0.15) is 11.5 Å². The van der Waals surface area contributed by atoms with E-state index in [1.54, 1.807) is 50.5 Å². The highest BCUT2D eigenvalue weighted by atomic mass is 19.1. The van der Waals surface area contributed by atoms with Crippen LogP contribution in [0.25, 0.3) is 5.69 Å². The van der Waals surface area contributed by atoms with Crippen LogP contribution in [0.15, 0.2) is 59.7 Å². The van der Waals surface area contributed by atoms with E-state index in [0.717, 1.165) is 5.56 Å². The second kappa shape index (κ2) is 7.26. The fourth-order valence-corrected chi connectivity index (χ4v) is 2.57. The lowest BCUT2D eigenvalue weighted by Gasteiger charge is -2.15. The minimum absolute atomic E-state index is 0.168. The van der Waals surface area contributed by atoms with E-state index in [-0.39, 0.29) is 17.4 Å². The van der Waals surface area contributed by atoms with Crippen LogP contribution in [0.5, 0.6) is 0 Å². The Kier molecular flexibility index (Phi) is 4.88. The number of para-hydroxylation sites is 1. The molecule has 7 heteroatoms. The quantitative estimate of drug-likeness (QED) is 0.783. The van der Waals surface area contributed by atoms with E-state index in [9.17, 15) is 14.0 Å². The Labute approximate surface area is 149 Å². The van der Waals surface area contributed by atoms with Crippen LogP contribution in [-0.2, 0) is 0 Å². The van der Waals surface area contributed by atoms with Gasteiger partial charge in [-0.3, -0.25) is 14.6 Å². The number of hydrogen-bond donors (Lipinski definition) is 1. The summed E-state index contributed by atoms with van der Waals surface area (Å²) in [4.78, 5) is 28.7. The summed E-state index contributed by atoms with van der Waals surface area (Å²) >= 11 is 0. The van der Waals surface area contributed by atoms with Crippen LogP contribution in [0.2, 0.25) is 0 Å². The monoisotopic (exact) mass is 352 g/mol. The molecule has 1 aromatic carbocycles. The fraction of sp³-hybridized carbons (Fsp3) is 0.158. The van der Waals surface area contributed by atoms with Crippen LogP contribution < -0.4 is 10.7 Å². The molecule has 0 saturated heterocycles. The maximum absolute atomic E-state index is 14.1. The number of carbonyl (C=O) groups is 1. The van der Waals surface area contributed by atoms with Gasteiger partial charge < -0.3 is 5.32 Å². The first-order chi connectivity index (χ1) is 12.5. The summed E-state index contributed by atoms with van der Waals surface area (Å²) in [6.07, 6.45) is 3.24. The SMILES string of the molecule is Cc1cc(=O)c(C(=O)NC(C)c2ccncc2)nn1-c1ccccc1F. The van der Waals surface area contributed by atoms with Gasteiger partial charge in [0.25, 0.3) is 5.91 Å². The van der Waals surface area contributed by atoms with Gasteiger partial charge in [-0.15, -0.1) is 0 Å². The van der Waals surface area contributed by atoms with Crippen LogP contribution in [0, 0.1) is 12.7 Å². The number of aryl methyl sites for hydroxylation is 1. The zero-order valence-electron chi connectivity index (χ0n) is 14.3. The minimum atomic E-state index is -0.621. The van der Waals surface area contributed by atoms with Gasteiger partial charge in [-0.25, -0.2) is 9.07 Å². The van der Waals surface area contributed by atoms with E-state index in [0.29, 0.717) is 5.69 Å². The number of nitrogens with one attached hydrogen (secondary N) is 1. The summed E-state index contributed by atoms with van der Waals surface area (Å²) < 4.78 is 15.3. The average Bonchev–Trinajstić information content (AvgIpc) is 2.63. The first-order valence-electron chi connectivity index (χ1n) is 8.04. The zero-order chi connectivity index (χ0) is 18.7. The Balaban J connectivity index is 1.95. The first kappa shape index (κ1) is 17.5. The van der Waals surface area contributed by atoms with E-state index in [2.05, 4.69) is 15.4 Å². The standard InChI is InChI=1S/C19H17FN4O2/c1-12-11-17(25)18(23-24(12)16-6-4-3-5-15(16)20)19(26)22-13(2)14-7-9-21-10-8-14/h3-11,13H,1-2H3,(H,22,26). The van der Waals surface area contributed by atoms with Crippen molar-refractivity contribution in [2.75, 3.05) is 0 Å². The number of carbonyl (C=O) groups excluding carboxylic acids is 1. The number of rotatable bonds is 4. The number of pyridine rings is 1. The second-order valence-electron chi connectivity index (χ2n) is 5.84. The summed E-state index contributed by atoms with van der Waals surface area (Å²) in [5, 5.41) is 6.82. The molecule has 2 aromatic heterocycles. The van der Waals surface area contributed by atoms with E-state index >= 15 is 0 Å². The number of nitrogens with zero attached hydrogens (tertiary/aromatic N) is 3. The van der Waals surface area contributed by atoms with Crippen LogP contribution in [-0.4, -0.2) is 20.7 Å². The van der Waals surface area contributed by atoms with Crippen LogP contribution in [0.3, 0.4) is 0 Å². The summed E-state index contributed by atoms with van der Waals surface area (Å²) in [5.74, 6) is -1.12. The molecule has 3 rings (SSSR count). The van der Waals surface area contributed by atoms with Gasteiger partial charge in [0.2, 0.25) is 5.43 Å². The van der Waals surface area contributed by atoms with E-state index < -0.39 is 17.2 Å². The Morgan fingerprint density at radius 1 is 1.19 bits per heavy atom. The number of benzene rings is 1. The molecule has 1 N–H and O–H groups in total. The summed E-state index contributed by atoms with van der Waals surface area (Å²) in [5.41, 5.74) is 0.629. The van der Waals surface area contributed by atoms with Crippen molar-refractivity contribution < 1.29 is 9.18 Å². The first-order valence-corrected chi connectivity index (χ1v) is 8.04. The van der Waals surface area contributed by atoms with Gasteiger partial charge in [-0.05, 0) is 43.7 Å². The highest BCUT2D eigenvalue weighted by Crippen LogP contribution is 2.14. The maximum Gasteiger partial charge on any atom is 0.276 e. The van der Waals surface area contributed by atoms with Gasteiger partial charge in [0, 0.05) is 24.2 Å². The molecule has 132 valence electrons. The summed E-state index contributed by atoms with van der Waals surface area (Å²) in [6, 6.07) is 10.5. The number of halogens is 1. The van der Waals surface area contributed by atoms with E-state index in [1.807, 2.05) is 0 Å². The van der Waals surface area contributed by atoms with Gasteiger partial charge in [-0.1, -0.05) is 12.1 Å². The lowest BCUT2D eigenvalue weighted by atomic mass is 10.1. The van der Waals surface area contributed by atoms with Crippen LogP contribution >= 0.6 is 0 Å². The predicted molar refractivity (Wildman–Crippen MR) is 94.6 cm³/mol. The number of aromatic nitrogens is 3. The van der Waals surface area contributed by atoms with Crippen molar-refractivity contribution >= 4 is 5.91 Å². The number of hydrogen-bond acceptors (Lipinski definition) is 4. The summed E-state index contributed by atoms with van der Waals surface area (Å²) in [7, 11) is 0. The van der Waals surface area contributed by atoms with Gasteiger partial charge >= 0.3 is 0 Å². The molecule has 3 aromatic rings. The Hall–Kier alpha value is -3.35. The van der Waals surface area contributed by atoms with Gasteiger partial charge in [0.15, 0.2) is 5.69 Å². The van der Waals surface area contributed by atoms with Crippen molar-refractivity contribution in [3.8, 4) is 5.69 Å². The van der Waals surface area contributed by atoms with E-state index in [1.165, 1.54) is 22.9 Å². The molecule has 0 aliphatic heterocycles. The molecular formula is C19H17FN4O2. The Morgan fingerprint density at radius 3 is 2.58 bits per heavy atom. The van der Waals surface area contributed by atoms with E-state index in [4.69, 9.17) is 0 Å². The van der Waals surface area contributed by atoms with Crippen molar-refractivity contribution in [1.82, 2.24) is 20.1 Å². The molecule has 2 heterocycles. The topological polar surface area (TPSA) is 76.9 Å². The molecule has 0 saturated carbocycles. The Bertz CT molecular complexity index is 1000. The smallest absolute Gasteiger partial charge is 0.276 e. The molecule has 0 radical (unpaired) electrons. The lowest BCUT2D eigenvalue weighted by molar-refractivity contribution is 0.0931. The zero-order valence-corrected chi connectivity index (χ0v) is 14.3. The molecule has 26 heavy (non-hydrogen) atoms. The normalized spacial score (nSPS) is 11.8. The molecule has 1 unspecified atom stereocenters. The van der Waals surface area contributed by atoms with Crippen molar-refractivity contribution in [2.24, 2.45) is 0 Å². The molecule has 1 amide bonds. The van der Waals surface area contributed by atoms with Gasteiger partial charge in [-0.2, -0.15) is 5.10 Å². The third-order valence-electron chi connectivity index (χ3n) is 3.96. The molecule has 0 fully saturated rings. The van der Waals surface area contributed by atoms with Crippen LogP contribution in [0.1, 0.15) is 34.7 Å². The third-order valence-corrected chi connectivity index (χ3v) is 3.96. The van der Waals surface area contributed by atoms with Crippen molar-refractivity contribution in [3.05, 3.63) is 87.9 Å². The second-order valence-corrected chi connectivity index (χ2v) is 5.84. The third kappa shape index (κ3) is 3.51. The fourth-order valence-electron chi connectivity index (χ4n) is 2.57. The largest absolute Gasteiger partial charge is 0.344 e.